The summed E-state index contributed by atoms with van der Waals surface area (Å²) in [5, 5.41) is 0. The molecule has 2 aromatic carbocycles. The predicted octanol–water partition coefficient (Wildman–Crippen LogP) is 4.32. The minimum Gasteiger partial charge on any atom is -0.324 e. The van der Waals surface area contributed by atoms with Gasteiger partial charge >= 0.3 is 0 Å². The van der Waals surface area contributed by atoms with Crippen LogP contribution in [0.4, 0.5) is 4.39 Å². The highest BCUT2D eigenvalue weighted by Crippen LogP contribution is 2.40. The van der Waals surface area contributed by atoms with E-state index in [0.717, 1.165) is 22.9 Å². The quantitative estimate of drug-likeness (QED) is 0.895. The van der Waals surface area contributed by atoms with Crippen molar-refractivity contribution in [2.75, 3.05) is 0 Å². The number of rotatable bonds is 3. The highest BCUT2D eigenvalue weighted by Gasteiger charge is 2.27. The molecule has 0 fully saturated rings. The molecule has 2 aromatic rings. The minimum absolute atomic E-state index is 0.136. The summed E-state index contributed by atoms with van der Waals surface area (Å²) in [5.74, 6) is 0.268. The molecule has 3 heteroatoms. The summed E-state index contributed by atoms with van der Waals surface area (Å²) in [6, 6.07) is 13.0. The van der Waals surface area contributed by atoms with Gasteiger partial charge in [0.1, 0.15) is 5.82 Å². The number of halogens is 2. The number of benzene rings is 2. The Morgan fingerprint density at radius 2 is 2.05 bits per heavy atom. The molecule has 0 radical (unpaired) electrons. The summed E-state index contributed by atoms with van der Waals surface area (Å²) in [5.41, 5.74) is 9.90. The molecule has 2 atom stereocenters. The molecule has 0 spiro atoms. The van der Waals surface area contributed by atoms with Gasteiger partial charge < -0.3 is 5.73 Å². The first-order chi connectivity index (χ1) is 9.15. The van der Waals surface area contributed by atoms with Crippen molar-refractivity contribution < 1.29 is 4.39 Å². The number of hydrogen-bond acceptors (Lipinski definition) is 1. The van der Waals surface area contributed by atoms with E-state index in [0.29, 0.717) is 5.92 Å². The van der Waals surface area contributed by atoms with Crippen LogP contribution in [0.15, 0.2) is 46.9 Å². The second-order valence-corrected chi connectivity index (χ2v) is 5.96. The Bertz CT molecular complexity index is 611. The summed E-state index contributed by atoms with van der Waals surface area (Å²) in [4.78, 5) is 0. The molecule has 0 amide bonds. The van der Waals surface area contributed by atoms with Crippen LogP contribution in [0.2, 0.25) is 0 Å². The molecule has 0 heterocycles. The first kappa shape index (κ1) is 12.8. The topological polar surface area (TPSA) is 26.0 Å². The maximum atomic E-state index is 13.3. The van der Waals surface area contributed by atoms with Crippen LogP contribution >= 0.6 is 15.9 Å². The zero-order valence-electron chi connectivity index (χ0n) is 10.4. The zero-order valence-corrected chi connectivity index (χ0v) is 12.0. The third-order valence-corrected chi connectivity index (χ3v) is 4.58. The summed E-state index contributed by atoms with van der Waals surface area (Å²) >= 11 is 3.45. The first-order valence-corrected chi connectivity index (χ1v) is 7.23. The van der Waals surface area contributed by atoms with E-state index in [1.54, 1.807) is 6.07 Å². The van der Waals surface area contributed by atoms with Gasteiger partial charge in [-0.2, -0.15) is 0 Å². The van der Waals surface area contributed by atoms with Crippen molar-refractivity contribution in [1.82, 2.24) is 0 Å². The molecule has 19 heavy (non-hydrogen) atoms. The fraction of sp³-hybridized carbons (Fsp3) is 0.250. The lowest BCUT2D eigenvalue weighted by molar-refractivity contribution is 0.495. The average molecular weight is 320 g/mol. The summed E-state index contributed by atoms with van der Waals surface area (Å²) in [6.45, 7) is 0. The van der Waals surface area contributed by atoms with Gasteiger partial charge in [0.05, 0.1) is 0 Å². The van der Waals surface area contributed by atoms with Crippen LogP contribution in [-0.4, -0.2) is 0 Å². The van der Waals surface area contributed by atoms with E-state index in [1.807, 2.05) is 0 Å². The van der Waals surface area contributed by atoms with Crippen molar-refractivity contribution in [3.05, 3.63) is 69.4 Å². The van der Waals surface area contributed by atoms with E-state index in [2.05, 4.69) is 40.2 Å². The molecular formula is C16H15BrFN. The van der Waals surface area contributed by atoms with Crippen molar-refractivity contribution in [2.45, 2.75) is 24.8 Å². The van der Waals surface area contributed by atoms with Gasteiger partial charge in [-0.15, -0.1) is 0 Å². The molecule has 3 rings (SSSR count). The van der Waals surface area contributed by atoms with Gasteiger partial charge in [0.15, 0.2) is 0 Å². The van der Waals surface area contributed by atoms with Gasteiger partial charge in [-0.3, -0.25) is 0 Å². The van der Waals surface area contributed by atoms with Crippen LogP contribution in [0.25, 0.3) is 0 Å². The van der Waals surface area contributed by atoms with Crippen LogP contribution < -0.4 is 5.73 Å². The van der Waals surface area contributed by atoms with E-state index < -0.39 is 0 Å². The Labute approximate surface area is 120 Å². The lowest BCUT2D eigenvalue weighted by Crippen LogP contribution is -2.23. The molecule has 0 saturated carbocycles. The number of fused-ring (bicyclic) bond motifs is 1. The average Bonchev–Trinajstić information content (AvgIpc) is 2.38. The molecule has 1 aliphatic carbocycles. The van der Waals surface area contributed by atoms with Crippen LogP contribution in [0.1, 0.15) is 35.1 Å². The van der Waals surface area contributed by atoms with Gasteiger partial charge in [0.25, 0.3) is 0 Å². The van der Waals surface area contributed by atoms with Gasteiger partial charge in [-0.25, -0.2) is 4.39 Å². The normalized spacial score (nSPS) is 18.6. The third kappa shape index (κ3) is 2.45. The second-order valence-electron chi connectivity index (χ2n) is 5.11. The highest BCUT2D eigenvalue weighted by molar-refractivity contribution is 9.10. The fourth-order valence-corrected chi connectivity index (χ4v) is 3.35. The van der Waals surface area contributed by atoms with Crippen molar-refractivity contribution in [3.63, 3.8) is 0 Å². The standard InChI is InChI=1S/C16H15BrFN/c17-15-6-5-12(18)9-14(15)16(19)8-11-7-10-3-1-2-4-13(10)11/h1-6,9,11,16H,7-8,19H2. The van der Waals surface area contributed by atoms with Crippen LogP contribution in [-0.2, 0) is 6.42 Å². The molecule has 0 saturated heterocycles. The molecular weight excluding hydrogens is 305 g/mol. The van der Waals surface area contributed by atoms with Crippen molar-refractivity contribution >= 4 is 15.9 Å². The maximum absolute atomic E-state index is 13.3. The van der Waals surface area contributed by atoms with Crippen molar-refractivity contribution in [2.24, 2.45) is 5.73 Å². The largest absolute Gasteiger partial charge is 0.324 e. The molecule has 98 valence electrons. The Morgan fingerprint density at radius 1 is 1.26 bits per heavy atom. The molecule has 2 N–H and O–H groups in total. The van der Waals surface area contributed by atoms with E-state index in [-0.39, 0.29) is 11.9 Å². The lowest BCUT2D eigenvalue weighted by atomic mass is 9.74. The predicted molar refractivity (Wildman–Crippen MR) is 78.5 cm³/mol. The van der Waals surface area contributed by atoms with E-state index in [9.17, 15) is 4.39 Å². The minimum atomic E-state index is -0.234. The Morgan fingerprint density at radius 3 is 2.84 bits per heavy atom. The van der Waals surface area contributed by atoms with Crippen LogP contribution in [0, 0.1) is 5.82 Å². The molecule has 0 aliphatic heterocycles. The number of hydrogen-bond donors (Lipinski definition) is 1. The summed E-state index contributed by atoms with van der Waals surface area (Å²) < 4.78 is 14.2. The van der Waals surface area contributed by atoms with E-state index in [4.69, 9.17) is 5.73 Å². The first-order valence-electron chi connectivity index (χ1n) is 6.43. The van der Waals surface area contributed by atoms with Crippen molar-refractivity contribution in [1.29, 1.82) is 0 Å². The number of nitrogens with two attached hydrogens (primary N) is 1. The molecule has 2 unspecified atom stereocenters. The summed E-state index contributed by atoms with van der Waals surface area (Å²) in [6.07, 6.45) is 1.94. The molecule has 0 aromatic heterocycles. The zero-order chi connectivity index (χ0) is 13.4. The lowest BCUT2D eigenvalue weighted by Gasteiger charge is -2.32. The second kappa shape index (κ2) is 5.06. The van der Waals surface area contributed by atoms with Crippen LogP contribution in [0.3, 0.4) is 0 Å². The van der Waals surface area contributed by atoms with Gasteiger partial charge in [-0.1, -0.05) is 40.2 Å². The third-order valence-electron chi connectivity index (χ3n) is 3.86. The molecule has 1 nitrogen and oxygen atoms in total. The van der Waals surface area contributed by atoms with Gasteiger partial charge in [-0.05, 0) is 53.6 Å². The maximum Gasteiger partial charge on any atom is 0.123 e. The van der Waals surface area contributed by atoms with Crippen LogP contribution in [0.5, 0.6) is 0 Å². The Hall–Kier alpha value is -1.19. The fourth-order valence-electron chi connectivity index (χ4n) is 2.81. The summed E-state index contributed by atoms with van der Waals surface area (Å²) in [7, 11) is 0. The Balaban J connectivity index is 1.76. The van der Waals surface area contributed by atoms with Crippen molar-refractivity contribution in [3.8, 4) is 0 Å². The van der Waals surface area contributed by atoms with E-state index >= 15 is 0 Å². The SMILES string of the molecule is NC(CC1Cc2ccccc21)c1cc(F)ccc1Br. The molecule has 1 aliphatic rings. The van der Waals surface area contributed by atoms with Gasteiger partial charge in [0, 0.05) is 10.5 Å². The van der Waals surface area contributed by atoms with Gasteiger partial charge in [0.2, 0.25) is 0 Å². The molecule has 0 bridgehead atoms. The Kier molecular flexibility index (Phi) is 3.42. The smallest absolute Gasteiger partial charge is 0.123 e. The highest BCUT2D eigenvalue weighted by atomic mass is 79.9. The monoisotopic (exact) mass is 319 g/mol. The van der Waals surface area contributed by atoms with E-state index in [1.165, 1.54) is 23.3 Å².